The van der Waals surface area contributed by atoms with Gasteiger partial charge in [0, 0.05) is 26.4 Å². The molecule has 0 unspecified atom stereocenters. The van der Waals surface area contributed by atoms with Crippen molar-refractivity contribution in [1.82, 2.24) is 33.6 Å². The summed E-state index contributed by atoms with van der Waals surface area (Å²) in [4.78, 5) is 29.4. The first-order valence-electron chi connectivity index (χ1n) is 9.68. The number of thioether (sulfide) groups is 1. The Labute approximate surface area is 185 Å². The molecule has 0 spiro atoms. The third-order valence-corrected chi connectivity index (χ3v) is 5.90. The van der Waals surface area contributed by atoms with E-state index in [-0.39, 0.29) is 24.5 Å². The second kappa shape index (κ2) is 8.86. The van der Waals surface area contributed by atoms with Gasteiger partial charge in [-0.05, 0) is 30.7 Å². The average molecular weight is 460 g/mol. The SMILES string of the molecule is Cn1cnc2c1c(=O)n(CCCSc1nnc(COc3ccc(F)cc3)n1N)c(=O)n2C. The molecule has 0 bridgehead atoms. The summed E-state index contributed by atoms with van der Waals surface area (Å²) < 4.78 is 24.0. The molecule has 0 saturated carbocycles. The smallest absolute Gasteiger partial charge is 0.332 e. The maximum atomic E-state index is 13.0. The monoisotopic (exact) mass is 460 g/mol. The van der Waals surface area contributed by atoms with Gasteiger partial charge < -0.3 is 15.1 Å². The molecule has 0 aliphatic rings. The van der Waals surface area contributed by atoms with Gasteiger partial charge in [0.1, 0.15) is 18.2 Å². The number of ether oxygens (including phenoxy) is 1. The van der Waals surface area contributed by atoms with E-state index >= 15 is 0 Å². The first kappa shape index (κ1) is 21.6. The summed E-state index contributed by atoms with van der Waals surface area (Å²) >= 11 is 1.35. The van der Waals surface area contributed by atoms with Crippen LogP contribution in [0.25, 0.3) is 11.2 Å². The Morgan fingerprint density at radius 3 is 2.66 bits per heavy atom. The summed E-state index contributed by atoms with van der Waals surface area (Å²) in [5.74, 6) is 7.14. The van der Waals surface area contributed by atoms with Crippen LogP contribution in [0.3, 0.4) is 0 Å². The zero-order chi connectivity index (χ0) is 22.8. The fourth-order valence-electron chi connectivity index (χ4n) is 3.16. The second-order valence-corrected chi connectivity index (χ2v) is 8.10. The molecule has 2 N–H and O–H groups in total. The fourth-order valence-corrected chi connectivity index (χ4v) is 3.96. The maximum Gasteiger partial charge on any atom is 0.332 e. The summed E-state index contributed by atoms with van der Waals surface area (Å²) in [6.45, 7) is 0.324. The third-order valence-electron chi connectivity index (χ3n) is 4.87. The molecular weight excluding hydrogens is 439 g/mol. The molecule has 4 aromatic rings. The van der Waals surface area contributed by atoms with Crippen LogP contribution in [-0.4, -0.2) is 39.3 Å². The van der Waals surface area contributed by atoms with Crippen LogP contribution >= 0.6 is 11.8 Å². The van der Waals surface area contributed by atoms with E-state index < -0.39 is 5.69 Å². The van der Waals surface area contributed by atoms with Gasteiger partial charge in [-0.2, -0.15) is 0 Å². The number of fused-ring (bicyclic) bond motifs is 1. The van der Waals surface area contributed by atoms with Gasteiger partial charge in [0.25, 0.3) is 5.56 Å². The van der Waals surface area contributed by atoms with E-state index in [2.05, 4.69) is 15.2 Å². The molecule has 11 nitrogen and oxygen atoms in total. The van der Waals surface area contributed by atoms with Crippen LogP contribution in [0.1, 0.15) is 12.2 Å². The Morgan fingerprint density at radius 1 is 1.16 bits per heavy atom. The van der Waals surface area contributed by atoms with Gasteiger partial charge in [0.05, 0.1) is 6.33 Å². The summed E-state index contributed by atoms with van der Waals surface area (Å²) in [5.41, 5.74) is -0.0317. The van der Waals surface area contributed by atoms with Gasteiger partial charge in [-0.15, -0.1) is 10.2 Å². The van der Waals surface area contributed by atoms with Crippen molar-refractivity contribution in [2.45, 2.75) is 24.7 Å². The summed E-state index contributed by atoms with van der Waals surface area (Å²) in [6, 6.07) is 5.62. The van der Waals surface area contributed by atoms with Crippen LogP contribution < -0.4 is 21.8 Å². The topological polar surface area (TPSA) is 128 Å². The van der Waals surface area contributed by atoms with Gasteiger partial charge in [0.2, 0.25) is 5.16 Å². The largest absolute Gasteiger partial charge is 0.486 e. The minimum atomic E-state index is -0.409. The number of hydrogen-bond donors (Lipinski definition) is 1. The molecule has 32 heavy (non-hydrogen) atoms. The number of aryl methyl sites for hydroxylation is 2. The van der Waals surface area contributed by atoms with Crippen LogP contribution in [0.15, 0.2) is 45.3 Å². The lowest BCUT2D eigenvalue weighted by atomic mass is 10.3. The number of benzene rings is 1. The molecule has 3 heterocycles. The normalized spacial score (nSPS) is 11.3. The van der Waals surface area contributed by atoms with Crippen LogP contribution in [0.2, 0.25) is 0 Å². The number of rotatable bonds is 8. The minimum Gasteiger partial charge on any atom is -0.486 e. The Kier molecular flexibility index (Phi) is 5.99. The van der Waals surface area contributed by atoms with Crippen molar-refractivity contribution in [3.63, 3.8) is 0 Å². The Bertz CT molecular complexity index is 1370. The molecule has 0 atom stereocenters. The Morgan fingerprint density at radius 2 is 1.91 bits per heavy atom. The lowest BCUT2D eigenvalue weighted by Crippen LogP contribution is -2.39. The quantitative estimate of drug-likeness (QED) is 0.231. The fraction of sp³-hybridized carbons (Fsp3) is 0.316. The first-order valence-corrected chi connectivity index (χ1v) is 10.7. The highest BCUT2D eigenvalue weighted by atomic mass is 32.2. The molecule has 0 amide bonds. The van der Waals surface area contributed by atoms with E-state index in [1.807, 2.05) is 0 Å². The van der Waals surface area contributed by atoms with E-state index in [4.69, 9.17) is 10.6 Å². The van der Waals surface area contributed by atoms with Crippen LogP contribution in [0, 0.1) is 5.82 Å². The molecule has 168 valence electrons. The number of nitrogen functional groups attached to an aromatic ring is 1. The molecule has 0 aliphatic carbocycles. The van der Waals surface area contributed by atoms with E-state index in [1.165, 1.54) is 56.2 Å². The van der Waals surface area contributed by atoms with Crippen LogP contribution in [0.5, 0.6) is 5.75 Å². The van der Waals surface area contributed by atoms with Crippen molar-refractivity contribution in [1.29, 1.82) is 0 Å². The molecule has 0 saturated heterocycles. The molecule has 0 fully saturated rings. The van der Waals surface area contributed by atoms with Crippen molar-refractivity contribution < 1.29 is 9.13 Å². The number of nitrogens with zero attached hydrogens (tertiary/aromatic N) is 7. The lowest BCUT2D eigenvalue weighted by Gasteiger charge is -2.08. The summed E-state index contributed by atoms with van der Waals surface area (Å²) in [7, 11) is 3.31. The van der Waals surface area contributed by atoms with Crippen molar-refractivity contribution in [3.05, 3.63) is 63.1 Å². The van der Waals surface area contributed by atoms with Gasteiger partial charge in [0.15, 0.2) is 17.0 Å². The molecule has 13 heteroatoms. The van der Waals surface area contributed by atoms with Gasteiger partial charge >= 0.3 is 5.69 Å². The van der Waals surface area contributed by atoms with E-state index in [1.54, 1.807) is 18.7 Å². The zero-order valence-corrected chi connectivity index (χ0v) is 18.3. The standard InChI is InChI=1S/C19H21FN8O3S/c1-25-11-22-16-15(25)17(29)27(19(30)26(16)2)8-3-9-32-18-24-23-14(28(18)21)10-31-13-6-4-12(20)5-7-13/h4-7,11H,3,8-10,21H2,1-2H3. The third kappa shape index (κ3) is 4.10. The minimum absolute atomic E-state index is 0.0752. The van der Waals surface area contributed by atoms with E-state index in [9.17, 15) is 14.0 Å². The number of hydrogen-bond acceptors (Lipinski definition) is 8. The van der Waals surface area contributed by atoms with E-state index in [0.717, 1.165) is 0 Å². The highest BCUT2D eigenvalue weighted by molar-refractivity contribution is 7.99. The molecule has 0 aliphatic heterocycles. The van der Waals surface area contributed by atoms with Gasteiger partial charge in [-0.3, -0.25) is 13.9 Å². The molecule has 1 aromatic carbocycles. The molecule has 3 aromatic heterocycles. The highest BCUT2D eigenvalue weighted by Gasteiger charge is 2.15. The number of imidazole rings is 1. The highest BCUT2D eigenvalue weighted by Crippen LogP contribution is 2.17. The van der Waals surface area contributed by atoms with Crippen molar-refractivity contribution in [3.8, 4) is 5.75 Å². The van der Waals surface area contributed by atoms with Crippen LogP contribution in [-0.2, 0) is 27.2 Å². The number of halogens is 1. The second-order valence-electron chi connectivity index (χ2n) is 7.04. The van der Waals surface area contributed by atoms with Gasteiger partial charge in [-0.25, -0.2) is 18.8 Å². The predicted octanol–water partition coefficient (Wildman–Crippen LogP) is 0.639. The van der Waals surface area contributed by atoms with E-state index in [0.29, 0.717) is 40.1 Å². The summed E-state index contributed by atoms with van der Waals surface area (Å²) in [6.07, 6.45) is 2.05. The van der Waals surface area contributed by atoms with Crippen molar-refractivity contribution in [2.24, 2.45) is 14.1 Å². The van der Waals surface area contributed by atoms with Gasteiger partial charge in [-0.1, -0.05) is 11.8 Å². The van der Waals surface area contributed by atoms with Crippen molar-refractivity contribution in [2.75, 3.05) is 11.6 Å². The molecule has 4 rings (SSSR count). The summed E-state index contributed by atoms with van der Waals surface area (Å²) in [5, 5.41) is 8.54. The molecular formula is C19H21FN8O3S. The van der Waals surface area contributed by atoms with Crippen LogP contribution in [0.4, 0.5) is 4.39 Å². The number of aromatic nitrogens is 7. The number of nitrogens with two attached hydrogens (primary N) is 1. The predicted molar refractivity (Wildman–Crippen MR) is 116 cm³/mol. The average Bonchev–Trinajstić information content (AvgIpc) is 3.34. The first-order chi connectivity index (χ1) is 15.4. The molecule has 0 radical (unpaired) electrons. The maximum absolute atomic E-state index is 13.0. The van der Waals surface area contributed by atoms with Crippen molar-refractivity contribution >= 4 is 22.9 Å². The zero-order valence-electron chi connectivity index (χ0n) is 17.4. The Hall–Kier alpha value is -3.61. The lowest BCUT2D eigenvalue weighted by molar-refractivity contribution is 0.291. The Balaban J connectivity index is 1.36.